The highest BCUT2D eigenvalue weighted by atomic mass is 16.6. The van der Waals surface area contributed by atoms with Gasteiger partial charge in [-0.3, -0.25) is 25.8 Å². The average molecular weight is 378 g/mol. The number of carbonyl (C=O) groups is 1. The predicted molar refractivity (Wildman–Crippen MR) is 105 cm³/mol. The zero-order chi connectivity index (χ0) is 19.9. The van der Waals surface area contributed by atoms with Crippen LogP contribution >= 0.6 is 0 Å². The van der Waals surface area contributed by atoms with Crippen molar-refractivity contribution in [3.05, 3.63) is 82.2 Å². The van der Waals surface area contributed by atoms with E-state index in [0.717, 1.165) is 12.0 Å². The van der Waals surface area contributed by atoms with Gasteiger partial charge < -0.3 is 5.32 Å². The predicted octanol–water partition coefficient (Wildman–Crippen LogP) is 3.45. The Hall–Kier alpha value is -4.01. The number of nitro groups is 1. The lowest BCUT2D eigenvalue weighted by Gasteiger charge is -2.11. The van der Waals surface area contributed by atoms with Crippen molar-refractivity contribution in [2.24, 2.45) is 0 Å². The Balaban J connectivity index is 1.80. The van der Waals surface area contributed by atoms with Crippen LogP contribution in [0.2, 0.25) is 0 Å². The molecule has 3 N–H and O–H groups in total. The van der Waals surface area contributed by atoms with E-state index in [4.69, 9.17) is 0 Å². The van der Waals surface area contributed by atoms with Gasteiger partial charge in [-0.25, -0.2) is 9.97 Å². The van der Waals surface area contributed by atoms with Crippen LogP contribution in [0, 0.1) is 10.1 Å². The number of amides is 1. The van der Waals surface area contributed by atoms with E-state index < -0.39 is 10.8 Å². The van der Waals surface area contributed by atoms with Gasteiger partial charge in [0.25, 0.3) is 5.91 Å². The summed E-state index contributed by atoms with van der Waals surface area (Å²) in [5, 5.41) is 14.5. The third-order valence-corrected chi connectivity index (χ3v) is 3.96. The molecular formula is C19H18N6O3. The number of hydrazine groups is 1. The van der Waals surface area contributed by atoms with Gasteiger partial charge in [0.15, 0.2) is 0 Å². The largest absolute Gasteiger partial charge is 0.355 e. The number of nitrogens with one attached hydrogen (secondary N) is 3. The molecule has 0 saturated heterocycles. The van der Waals surface area contributed by atoms with Crippen molar-refractivity contribution >= 4 is 28.9 Å². The summed E-state index contributed by atoms with van der Waals surface area (Å²) >= 11 is 0. The van der Waals surface area contributed by atoms with E-state index in [1.807, 2.05) is 31.2 Å². The zero-order valence-corrected chi connectivity index (χ0v) is 15.0. The molecule has 3 rings (SSSR count). The number of anilines is 3. The molecule has 0 aliphatic heterocycles. The number of hydrogen-bond acceptors (Lipinski definition) is 7. The highest BCUT2D eigenvalue weighted by Gasteiger charge is 2.23. The minimum Gasteiger partial charge on any atom is -0.334 e. The highest BCUT2D eigenvalue weighted by molar-refractivity contribution is 5.95. The lowest BCUT2D eigenvalue weighted by atomic mass is 10.1. The molecule has 0 atom stereocenters. The average Bonchev–Trinajstić information content (AvgIpc) is 2.73. The van der Waals surface area contributed by atoms with E-state index in [9.17, 15) is 14.9 Å². The Labute approximate surface area is 161 Å². The fourth-order valence-corrected chi connectivity index (χ4v) is 2.47. The maximum Gasteiger partial charge on any atom is 0.355 e. The van der Waals surface area contributed by atoms with Gasteiger partial charge in [0.05, 0.1) is 4.92 Å². The monoisotopic (exact) mass is 378 g/mol. The van der Waals surface area contributed by atoms with Crippen molar-refractivity contribution in [1.82, 2.24) is 15.4 Å². The Kier molecular flexibility index (Phi) is 5.75. The Morgan fingerprint density at radius 1 is 1.04 bits per heavy atom. The van der Waals surface area contributed by atoms with Gasteiger partial charge in [-0.15, -0.1) is 0 Å². The normalized spacial score (nSPS) is 10.2. The summed E-state index contributed by atoms with van der Waals surface area (Å²) < 4.78 is 0. The van der Waals surface area contributed by atoms with Gasteiger partial charge >= 0.3 is 5.69 Å². The Morgan fingerprint density at radius 3 is 2.36 bits per heavy atom. The zero-order valence-electron chi connectivity index (χ0n) is 15.0. The minimum atomic E-state index is -0.611. The number of hydrogen-bond donors (Lipinski definition) is 3. The lowest BCUT2D eigenvalue weighted by molar-refractivity contribution is -0.383. The topological polar surface area (TPSA) is 122 Å². The van der Waals surface area contributed by atoms with Gasteiger partial charge in [0.1, 0.15) is 6.33 Å². The minimum absolute atomic E-state index is 0.0145. The molecule has 3 aromatic rings. The maximum absolute atomic E-state index is 12.1. The second-order valence-electron chi connectivity index (χ2n) is 5.80. The third-order valence-electron chi connectivity index (χ3n) is 3.96. The molecule has 0 aliphatic rings. The molecule has 28 heavy (non-hydrogen) atoms. The Morgan fingerprint density at radius 2 is 1.71 bits per heavy atom. The van der Waals surface area contributed by atoms with Crippen molar-refractivity contribution in [1.29, 1.82) is 0 Å². The molecular weight excluding hydrogens is 360 g/mol. The summed E-state index contributed by atoms with van der Waals surface area (Å²) in [6.45, 7) is 2.04. The van der Waals surface area contributed by atoms with Gasteiger partial charge in [-0.05, 0) is 36.2 Å². The fraction of sp³-hybridized carbons (Fsp3) is 0.105. The second kappa shape index (κ2) is 8.58. The van der Waals surface area contributed by atoms with Crippen LogP contribution in [-0.4, -0.2) is 20.8 Å². The third kappa shape index (κ3) is 4.39. The van der Waals surface area contributed by atoms with Gasteiger partial charge in [-0.1, -0.05) is 37.3 Å². The van der Waals surface area contributed by atoms with Gasteiger partial charge in [0, 0.05) is 11.3 Å². The molecule has 0 bridgehead atoms. The molecule has 0 radical (unpaired) electrons. The van der Waals surface area contributed by atoms with Crippen LogP contribution in [-0.2, 0) is 6.42 Å². The second-order valence-corrected chi connectivity index (χ2v) is 5.80. The molecule has 0 spiro atoms. The van der Waals surface area contributed by atoms with Crippen LogP contribution in [0.1, 0.15) is 22.8 Å². The van der Waals surface area contributed by atoms with Crippen molar-refractivity contribution in [3.8, 4) is 0 Å². The molecule has 142 valence electrons. The molecule has 0 aliphatic carbocycles. The molecule has 9 nitrogen and oxygen atoms in total. The van der Waals surface area contributed by atoms with Crippen LogP contribution < -0.4 is 16.2 Å². The molecule has 1 amide bonds. The summed E-state index contributed by atoms with van der Waals surface area (Å²) in [6, 6.07) is 15.9. The lowest BCUT2D eigenvalue weighted by Crippen LogP contribution is -2.30. The van der Waals surface area contributed by atoms with Crippen LogP contribution in [0.25, 0.3) is 0 Å². The Bertz CT molecular complexity index is 977. The van der Waals surface area contributed by atoms with Crippen molar-refractivity contribution in [2.45, 2.75) is 13.3 Å². The van der Waals surface area contributed by atoms with E-state index in [-0.39, 0.29) is 17.3 Å². The van der Waals surface area contributed by atoms with Crippen molar-refractivity contribution in [3.63, 3.8) is 0 Å². The summed E-state index contributed by atoms with van der Waals surface area (Å²) in [5.74, 6) is -0.559. The van der Waals surface area contributed by atoms with Gasteiger partial charge in [0.2, 0.25) is 11.6 Å². The first kappa shape index (κ1) is 18.8. The van der Waals surface area contributed by atoms with Crippen molar-refractivity contribution < 1.29 is 9.72 Å². The number of rotatable bonds is 7. The van der Waals surface area contributed by atoms with E-state index in [1.54, 1.807) is 30.3 Å². The summed E-state index contributed by atoms with van der Waals surface area (Å²) in [5.41, 5.74) is 6.73. The van der Waals surface area contributed by atoms with Gasteiger partial charge in [-0.2, -0.15) is 0 Å². The molecule has 1 aromatic heterocycles. The molecule has 9 heteroatoms. The van der Waals surface area contributed by atoms with Crippen LogP contribution in [0.5, 0.6) is 0 Å². The summed E-state index contributed by atoms with van der Waals surface area (Å²) in [4.78, 5) is 30.9. The SMILES string of the molecule is CCc1ccc(Nc2ncnc(NNC(=O)c3ccccc3)c2[N+](=O)[O-])cc1. The molecule has 1 heterocycles. The smallest absolute Gasteiger partial charge is 0.334 e. The highest BCUT2D eigenvalue weighted by Crippen LogP contribution is 2.30. The van der Waals surface area contributed by atoms with E-state index in [0.29, 0.717) is 11.3 Å². The van der Waals surface area contributed by atoms with E-state index in [2.05, 4.69) is 26.1 Å². The van der Waals surface area contributed by atoms with E-state index in [1.165, 1.54) is 6.33 Å². The summed E-state index contributed by atoms with van der Waals surface area (Å²) in [6.07, 6.45) is 2.07. The summed E-state index contributed by atoms with van der Waals surface area (Å²) in [7, 11) is 0. The number of benzene rings is 2. The first-order valence-electron chi connectivity index (χ1n) is 8.55. The number of carbonyl (C=O) groups excluding carboxylic acids is 1. The molecule has 0 unspecified atom stereocenters. The quantitative estimate of drug-likeness (QED) is 0.425. The van der Waals surface area contributed by atoms with E-state index >= 15 is 0 Å². The number of aryl methyl sites for hydroxylation is 1. The van der Waals surface area contributed by atoms with Crippen molar-refractivity contribution in [2.75, 3.05) is 10.7 Å². The van der Waals surface area contributed by atoms with Crippen LogP contribution in [0.3, 0.4) is 0 Å². The maximum atomic E-state index is 12.1. The van der Waals surface area contributed by atoms with Crippen LogP contribution in [0.15, 0.2) is 60.9 Å². The standard InChI is InChI=1S/C19H18N6O3/c1-2-13-8-10-15(11-9-13)22-17-16(25(27)28)18(21-12-20-17)23-24-19(26)14-6-4-3-5-7-14/h3-12H,2H2,1H3,(H,24,26)(H2,20,21,22,23). The molecule has 0 saturated carbocycles. The first-order chi connectivity index (χ1) is 13.6. The number of aromatic nitrogens is 2. The molecule has 0 fully saturated rings. The number of nitrogens with zero attached hydrogens (tertiary/aromatic N) is 3. The first-order valence-corrected chi connectivity index (χ1v) is 8.55. The van der Waals surface area contributed by atoms with Crippen LogP contribution in [0.4, 0.5) is 23.0 Å². The molecule has 2 aromatic carbocycles. The fourth-order valence-electron chi connectivity index (χ4n) is 2.47.